The summed E-state index contributed by atoms with van der Waals surface area (Å²) in [6.07, 6.45) is -0.272. The van der Waals surface area contributed by atoms with E-state index >= 15 is 0 Å². The average Bonchev–Trinajstić information content (AvgIpc) is 2.55. The highest BCUT2D eigenvalue weighted by Crippen LogP contribution is 2.36. The molecule has 0 radical (unpaired) electrons. The lowest BCUT2D eigenvalue weighted by molar-refractivity contribution is -0.198. The molecule has 1 unspecified atom stereocenters. The lowest BCUT2D eigenvalue weighted by Crippen LogP contribution is -2.14. The van der Waals surface area contributed by atoms with E-state index < -0.39 is 7.60 Å². The first kappa shape index (κ1) is 18.2. The summed E-state index contributed by atoms with van der Waals surface area (Å²) in [5.41, 5.74) is 0.614. The van der Waals surface area contributed by atoms with Crippen molar-refractivity contribution < 1.29 is 28.6 Å². The van der Waals surface area contributed by atoms with E-state index in [4.69, 9.17) is 4.74 Å². The Bertz CT molecular complexity index is 744. The summed E-state index contributed by atoms with van der Waals surface area (Å²) >= 11 is 0. The van der Waals surface area contributed by atoms with Gasteiger partial charge >= 0.3 is 0 Å². The largest absolute Gasteiger partial charge is 0.778 e. The normalized spacial score (nSPS) is 13.2. The maximum atomic E-state index is 12.3. The maximum absolute atomic E-state index is 12.3. The SMILES string of the molecule is CCOP(=O)([O-])CCOc1ccc(C(=O)c2ccccc2)c(O)c1. The fourth-order valence-corrected chi connectivity index (χ4v) is 2.91. The zero-order valence-corrected chi connectivity index (χ0v) is 14.1. The van der Waals surface area contributed by atoms with E-state index in [1.807, 2.05) is 0 Å². The third-order valence-electron chi connectivity index (χ3n) is 3.21. The number of ether oxygens (including phenoxy) is 1. The number of carbonyl (C=O) groups is 1. The van der Waals surface area contributed by atoms with Gasteiger partial charge in [-0.3, -0.25) is 4.79 Å². The summed E-state index contributed by atoms with van der Waals surface area (Å²) in [6, 6.07) is 12.8. The van der Waals surface area contributed by atoms with Gasteiger partial charge in [0.05, 0.1) is 18.8 Å². The van der Waals surface area contributed by atoms with Gasteiger partial charge < -0.3 is 23.8 Å². The van der Waals surface area contributed by atoms with Crippen molar-refractivity contribution in [2.45, 2.75) is 6.92 Å². The van der Waals surface area contributed by atoms with Crippen LogP contribution in [-0.2, 0) is 9.09 Å². The molecule has 6 nitrogen and oxygen atoms in total. The van der Waals surface area contributed by atoms with E-state index in [0.717, 1.165) is 0 Å². The Balaban J connectivity index is 2.02. The Kier molecular flexibility index (Phi) is 6.15. The number of ketones is 1. The van der Waals surface area contributed by atoms with Crippen molar-refractivity contribution in [1.29, 1.82) is 0 Å². The molecule has 0 saturated carbocycles. The lowest BCUT2D eigenvalue weighted by Gasteiger charge is -2.22. The number of rotatable bonds is 8. The molecule has 24 heavy (non-hydrogen) atoms. The minimum absolute atomic E-state index is 0.0812. The summed E-state index contributed by atoms with van der Waals surface area (Å²) < 4.78 is 21.3. The first-order valence-electron chi connectivity index (χ1n) is 7.43. The van der Waals surface area contributed by atoms with E-state index in [1.54, 1.807) is 37.3 Å². The molecular weight excluding hydrogens is 331 g/mol. The van der Waals surface area contributed by atoms with Gasteiger partial charge in [0, 0.05) is 17.8 Å². The molecule has 0 spiro atoms. The average molecular weight is 349 g/mol. The second-order valence-corrected chi connectivity index (χ2v) is 6.90. The van der Waals surface area contributed by atoms with Gasteiger partial charge in [0.25, 0.3) is 0 Å². The summed E-state index contributed by atoms with van der Waals surface area (Å²) in [4.78, 5) is 23.7. The quantitative estimate of drug-likeness (QED) is 0.581. The van der Waals surface area contributed by atoms with Crippen molar-refractivity contribution in [2.75, 3.05) is 19.4 Å². The van der Waals surface area contributed by atoms with Crippen LogP contribution in [0.25, 0.3) is 0 Å². The minimum Gasteiger partial charge on any atom is -0.778 e. The van der Waals surface area contributed by atoms with E-state index in [1.165, 1.54) is 18.2 Å². The van der Waals surface area contributed by atoms with Crippen LogP contribution in [0, 0.1) is 0 Å². The van der Waals surface area contributed by atoms with Crippen molar-refractivity contribution in [1.82, 2.24) is 0 Å². The Morgan fingerprint density at radius 1 is 1.21 bits per heavy atom. The Morgan fingerprint density at radius 3 is 2.54 bits per heavy atom. The van der Waals surface area contributed by atoms with Gasteiger partial charge in [-0.2, -0.15) is 0 Å². The summed E-state index contributed by atoms with van der Waals surface area (Å²) in [5, 5.41) is 10.0. The first-order chi connectivity index (χ1) is 11.4. The number of hydrogen-bond donors (Lipinski definition) is 1. The number of carbonyl (C=O) groups excluding carboxylic acids is 1. The van der Waals surface area contributed by atoms with Crippen LogP contribution in [0.15, 0.2) is 48.5 Å². The molecule has 1 N–H and O–H groups in total. The number of benzene rings is 2. The second kappa shape index (κ2) is 8.11. The third-order valence-corrected chi connectivity index (χ3v) is 4.59. The van der Waals surface area contributed by atoms with E-state index in [-0.39, 0.29) is 42.2 Å². The summed E-state index contributed by atoms with van der Waals surface area (Å²) in [7, 11) is -3.90. The molecular formula is C17H18O6P-. The highest BCUT2D eigenvalue weighted by atomic mass is 31.2. The third kappa shape index (κ3) is 4.93. The smallest absolute Gasteiger partial charge is 0.196 e. The molecule has 128 valence electrons. The van der Waals surface area contributed by atoms with Crippen LogP contribution in [0.1, 0.15) is 22.8 Å². The van der Waals surface area contributed by atoms with Crippen molar-refractivity contribution in [3.63, 3.8) is 0 Å². The van der Waals surface area contributed by atoms with Crippen LogP contribution in [0.3, 0.4) is 0 Å². The van der Waals surface area contributed by atoms with Crippen LogP contribution < -0.4 is 9.63 Å². The fourth-order valence-electron chi connectivity index (χ4n) is 2.07. The molecule has 0 bridgehead atoms. The second-order valence-electron chi connectivity index (χ2n) is 4.97. The zero-order valence-electron chi connectivity index (χ0n) is 13.2. The van der Waals surface area contributed by atoms with E-state index in [2.05, 4.69) is 4.52 Å². The summed E-state index contributed by atoms with van der Waals surface area (Å²) in [6.45, 7) is 1.57. The topological polar surface area (TPSA) is 95.9 Å². The Hall–Kier alpha value is -2.14. The molecule has 0 saturated heterocycles. The number of phenolic OH excluding ortho intramolecular Hbond substituents is 1. The predicted molar refractivity (Wildman–Crippen MR) is 87.6 cm³/mol. The number of phenols is 1. The van der Waals surface area contributed by atoms with Crippen molar-refractivity contribution in [2.24, 2.45) is 0 Å². The predicted octanol–water partition coefficient (Wildman–Crippen LogP) is 2.59. The van der Waals surface area contributed by atoms with E-state index in [0.29, 0.717) is 5.56 Å². The van der Waals surface area contributed by atoms with E-state index in [9.17, 15) is 19.4 Å². The maximum Gasteiger partial charge on any atom is 0.196 e. The van der Waals surface area contributed by atoms with Crippen LogP contribution >= 0.6 is 7.60 Å². The molecule has 0 aliphatic heterocycles. The molecule has 0 aromatic heterocycles. The Morgan fingerprint density at radius 2 is 1.92 bits per heavy atom. The first-order valence-corrected chi connectivity index (χ1v) is 9.16. The van der Waals surface area contributed by atoms with Crippen LogP contribution in [0.2, 0.25) is 0 Å². The minimum atomic E-state index is -3.90. The molecule has 0 aliphatic carbocycles. The van der Waals surface area contributed by atoms with Crippen LogP contribution in [-0.4, -0.2) is 30.3 Å². The number of hydrogen-bond acceptors (Lipinski definition) is 6. The van der Waals surface area contributed by atoms with Crippen LogP contribution in [0.5, 0.6) is 11.5 Å². The zero-order chi connectivity index (χ0) is 17.6. The van der Waals surface area contributed by atoms with Crippen molar-refractivity contribution >= 4 is 13.4 Å². The monoisotopic (exact) mass is 349 g/mol. The highest BCUT2D eigenvalue weighted by molar-refractivity contribution is 7.51. The molecule has 7 heteroatoms. The van der Waals surface area contributed by atoms with Gasteiger partial charge in [-0.05, 0) is 19.1 Å². The molecule has 0 fully saturated rings. The van der Waals surface area contributed by atoms with Crippen molar-refractivity contribution in [3.8, 4) is 11.5 Å². The summed E-state index contributed by atoms with van der Waals surface area (Å²) in [5.74, 6) is -0.259. The van der Waals surface area contributed by atoms with Gasteiger partial charge in [-0.25, -0.2) is 0 Å². The van der Waals surface area contributed by atoms with Gasteiger partial charge in [0.15, 0.2) is 5.78 Å². The molecule has 1 atom stereocenters. The molecule has 2 aromatic carbocycles. The molecule has 2 rings (SSSR count). The van der Waals surface area contributed by atoms with Gasteiger partial charge in [0.2, 0.25) is 0 Å². The van der Waals surface area contributed by atoms with Gasteiger partial charge in [0.1, 0.15) is 19.1 Å². The van der Waals surface area contributed by atoms with Crippen molar-refractivity contribution in [3.05, 3.63) is 59.7 Å². The standard InChI is InChI=1S/C17H19O6P/c1-2-23-24(20,21)11-10-22-14-8-9-15(16(18)12-14)17(19)13-6-4-3-5-7-13/h3-9,12,18H,2,10-11H2,1H3,(H,20,21)/p-1. The molecule has 0 aliphatic rings. The fraction of sp³-hybridized carbons (Fsp3) is 0.235. The number of aromatic hydroxyl groups is 1. The Labute approximate surface area is 140 Å². The highest BCUT2D eigenvalue weighted by Gasteiger charge is 2.14. The van der Waals surface area contributed by atoms with Crippen LogP contribution in [0.4, 0.5) is 0 Å². The molecule has 0 heterocycles. The molecule has 0 amide bonds. The lowest BCUT2D eigenvalue weighted by atomic mass is 10.0. The molecule has 2 aromatic rings. The van der Waals surface area contributed by atoms with Gasteiger partial charge in [-0.15, -0.1) is 0 Å². The van der Waals surface area contributed by atoms with Gasteiger partial charge in [-0.1, -0.05) is 30.3 Å².